The molecule has 0 aliphatic carbocycles. The third-order valence-corrected chi connectivity index (χ3v) is 3.25. The fourth-order valence-electron chi connectivity index (χ4n) is 1.01. The number of methoxy groups -OCH3 is 1. The topological polar surface area (TPSA) is 18.5 Å². The van der Waals surface area contributed by atoms with E-state index in [1.807, 2.05) is 12.1 Å². The zero-order valence-corrected chi connectivity index (χ0v) is 12.2. The van der Waals surface area contributed by atoms with E-state index in [1.165, 1.54) is 0 Å². The van der Waals surface area contributed by atoms with Crippen molar-refractivity contribution in [3.63, 3.8) is 0 Å². The van der Waals surface area contributed by atoms with Gasteiger partial charge in [0.05, 0.1) is 22.7 Å². The van der Waals surface area contributed by atoms with Crippen molar-refractivity contribution in [1.29, 1.82) is 0 Å². The summed E-state index contributed by atoms with van der Waals surface area (Å²) in [4.78, 5) is 0. The Balaban J connectivity index is 2.76. The maximum atomic E-state index is 5.57. The average molecular weight is 358 g/mol. The Bertz CT molecular complexity index is 331. The summed E-state index contributed by atoms with van der Waals surface area (Å²) in [6.45, 7) is 0.612. The van der Waals surface area contributed by atoms with Crippen LogP contribution in [0, 0.1) is 0 Å². The van der Waals surface area contributed by atoms with Crippen LogP contribution in [-0.4, -0.2) is 19.6 Å². The highest BCUT2D eigenvalue weighted by molar-refractivity contribution is 9.11. The van der Waals surface area contributed by atoms with E-state index in [9.17, 15) is 0 Å². The van der Waals surface area contributed by atoms with E-state index in [1.54, 1.807) is 7.11 Å². The van der Waals surface area contributed by atoms with E-state index >= 15 is 0 Å². The summed E-state index contributed by atoms with van der Waals surface area (Å²) < 4.78 is 12.4. The van der Waals surface area contributed by atoms with E-state index in [0.29, 0.717) is 12.5 Å². The number of benzene rings is 1. The molecule has 0 atom stereocenters. The second kappa shape index (κ2) is 6.61. The number of hydrogen-bond donors (Lipinski definition) is 0. The van der Waals surface area contributed by atoms with Gasteiger partial charge >= 0.3 is 0 Å². The zero-order chi connectivity index (χ0) is 11.3. The molecule has 0 saturated heterocycles. The van der Waals surface area contributed by atoms with Crippen LogP contribution in [0.3, 0.4) is 0 Å². The summed E-state index contributed by atoms with van der Waals surface area (Å²) in [7, 11) is 1.63. The first-order valence-corrected chi connectivity index (χ1v) is 6.53. The highest BCUT2D eigenvalue weighted by Gasteiger charge is 2.07. The normalized spacial score (nSPS) is 10.1. The highest BCUT2D eigenvalue weighted by Crippen LogP contribution is 2.35. The SMILES string of the molecule is COc1cc(Br)c(OCCCCl)cc1Br. The van der Waals surface area contributed by atoms with E-state index in [4.69, 9.17) is 21.1 Å². The first-order chi connectivity index (χ1) is 7.19. The number of hydrogen-bond acceptors (Lipinski definition) is 2. The van der Waals surface area contributed by atoms with Gasteiger partial charge in [-0.25, -0.2) is 0 Å². The molecule has 0 bridgehead atoms. The summed E-state index contributed by atoms with van der Waals surface area (Å²) in [5.74, 6) is 2.16. The molecule has 0 amide bonds. The van der Waals surface area contributed by atoms with Crippen LogP contribution in [0.15, 0.2) is 21.1 Å². The fourth-order valence-corrected chi connectivity index (χ4v) is 2.04. The molecule has 5 heteroatoms. The molecule has 0 aromatic heterocycles. The molecule has 0 saturated carbocycles. The standard InChI is InChI=1S/C10H11Br2ClO2/c1-14-9-5-8(12)10(6-7(9)11)15-4-2-3-13/h5-6H,2-4H2,1H3. The van der Waals surface area contributed by atoms with Crippen molar-refractivity contribution in [1.82, 2.24) is 0 Å². The third-order valence-electron chi connectivity index (χ3n) is 1.74. The number of alkyl halides is 1. The second-order valence-corrected chi connectivity index (χ2v) is 4.89. The van der Waals surface area contributed by atoms with Gasteiger partial charge in [0.25, 0.3) is 0 Å². The minimum absolute atomic E-state index is 0.606. The summed E-state index contributed by atoms with van der Waals surface area (Å²) in [6, 6.07) is 3.73. The van der Waals surface area contributed by atoms with Crippen LogP contribution in [-0.2, 0) is 0 Å². The van der Waals surface area contributed by atoms with Gasteiger partial charge in [0.15, 0.2) is 0 Å². The Morgan fingerprint density at radius 3 is 2.40 bits per heavy atom. The van der Waals surface area contributed by atoms with Crippen LogP contribution in [0.5, 0.6) is 11.5 Å². The molecule has 0 aliphatic heterocycles. The Hall–Kier alpha value is 0.0700. The van der Waals surface area contributed by atoms with Gasteiger partial charge in [0, 0.05) is 5.88 Å². The maximum absolute atomic E-state index is 5.57. The minimum atomic E-state index is 0.606. The average Bonchev–Trinajstić information content (AvgIpc) is 2.23. The molecule has 0 N–H and O–H groups in total. The first-order valence-electron chi connectivity index (χ1n) is 4.41. The molecule has 0 fully saturated rings. The lowest BCUT2D eigenvalue weighted by Gasteiger charge is -2.10. The van der Waals surface area contributed by atoms with Crippen molar-refractivity contribution in [3.8, 4) is 11.5 Å². The van der Waals surface area contributed by atoms with Gasteiger partial charge < -0.3 is 9.47 Å². The smallest absolute Gasteiger partial charge is 0.134 e. The molecule has 15 heavy (non-hydrogen) atoms. The third kappa shape index (κ3) is 3.85. The molecule has 0 spiro atoms. The Labute approximate surface area is 111 Å². The van der Waals surface area contributed by atoms with Crippen LogP contribution in [0.25, 0.3) is 0 Å². The summed E-state index contributed by atoms with van der Waals surface area (Å²) >= 11 is 12.4. The van der Waals surface area contributed by atoms with Crippen molar-refractivity contribution in [2.75, 3.05) is 19.6 Å². The van der Waals surface area contributed by atoms with Crippen LogP contribution >= 0.6 is 43.5 Å². The van der Waals surface area contributed by atoms with Crippen molar-refractivity contribution >= 4 is 43.5 Å². The van der Waals surface area contributed by atoms with Gasteiger partial charge in [-0.3, -0.25) is 0 Å². The van der Waals surface area contributed by atoms with Gasteiger partial charge in [0.2, 0.25) is 0 Å². The number of ether oxygens (including phenoxy) is 2. The predicted octanol–water partition coefficient (Wildman–Crippen LogP) is 4.23. The summed E-state index contributed by atoms with van der Waals surface area (Å²) in [6.07, 6.45) is 0.831. The van der Waals surface area contributed by atoms with E-state index in [2.05, 4.69) is 31.9 Å². The molecule has 2 nitrogen and oxygen atoms in total. The van der Waals surface area contributed by atoms with Gasteiger partial charge in [-0.1, -0.05) is 0 Å². The molecule has 1 aromatic carbocycles. The van der Waals surface area contributed by atoms with E-state index in [0.717, 1.165) is 26.9 Å². The Kier molecular flexibility index (Phi) is 5.79. The van der Waals surface area contributed by atoms with Crippen molar-refractivity contribution in [2.45, 2.75) is 6.42 Å². The second-order valence-electron chi connectivity index (χ2n) is 2.81. The van der Waals surface area contributed by atoms with Gasteiger partial charge in [-0.05, 0) is 50.4 Å². The van der Waals surface area contributed by atoms with E-state index in [-0.39, 0.29) is 0 Å². The Morgan fingerprint density at radius 1 is 1.20 bits per heavy atom. The van der Waals surface area contributed by atoms with Crippen LogP contribution < -0.4 is 9.47 Å². The van der Waals surface area contributed by atoms with Crippen LogP contribution in [0.1, 0.15) is 6.42 Å². The molecule has 0 aliphatic rings. The molecular weight excluding hydrogens is 347 g/mol. The highest BCUT2D eigenvalue weighted by atomic mass is 79.9. The molecule has 1 aromatic rings. The molecule has 0 radical (unpaired) electrons. The van der Waals surface area contributed by atoms with Crippen molar-refractivity contribution < 1.29 is 9.47 Å². The molecule has 0 heterocycles. The predicted molar refractivity (Wildman–Crippen MR) is 69.2 cm³/mol. The van der Waals surface area contributed by atoms with Gasteiger partial charge in [-0.15, -0.1) is 11.6 Å². The lowest BCUT2D eigenvalue weighted by molar-refractivity contribution is 0.315. The molecule has 0 unspecified atom stereocenters. The number of rotatable bonds is 5. The largest absolute Gasteiger partial charge is 0.496 e. The summed E-state index contributed by atoms with van der Waals surface area (Å²) in [5, 5.41) is 0. The van der Waals surface area contributed by atoms with E-state index < -0.39 is 0 Å². The first kappa shape index (κ1) is 13.1. The lowest BCUT2D eigenvalue weighted by atomic mass is 10.3. The zero-order valence-electron chi connectivity index (χ0n) is 8.23. The van der Waals surface area contributed by atoms with Gasteiger partial charge in [-0.2, -0.15) is 0 Å². The van der Waals surface area contributed by atoms with Crippen LogP contribution in [0.4, 0.5) is 0 Å². The molecular formula is C10H11Br2ClO2. The fraction of sp³-hybridized carbons (Fsp3) is 0.400. The molecule has 84 valence electrons. The van der Waals surface area contributed by atoms with Crippen molar-refractivity contribution in [3.05, 3.63) is 21.1 Å². The lowest BCUT2D eigenvalue weighted by Crippen LogP contribution is -1.99. The quantitative estimate of drug-likeness (QED) is 0.579. The number of halogens is 3. The maximum Gasteiger partial charge on any atom is 0.134 e. The van der Waals surface area contributed by atoms with Crippen LogP contribution in [0.2, 0.25) is 0 Å². The minimum Gasteiger partial charge on any atom is -0.496 e. The van der Waals surface area contributed by atoms with Gasteiger partial charge in [0.1, 0.15) is 11.5 Å². The molecule has 1 rings (SSSR count). The van der Waals surface area contributed by atoms with Crippen molar-refractivity contribution in [2.24, 2.45) is 0 Å². The monoisotopic (exact) mass is 356 g/mol. The summed E-state index contributed by atoms with van der Waals surface area (Å²) in [5.41, 5.74) is 0. The Morgan fingerprint density at radius 2 is 1.80 bits per heavy atom.